The lowest BCUT2D eigenvalue weighted by atomic mass is 10.1. The predicted molar refractivity (Wildman–Crippen MR) is 76.6 cm³/mol. The minimum atomic E-state index is -0.473. The highest BCUT2D eigenvalue weighted by Gasteiger charge is 2.14. The zero-order valence-corrected chi connectivity index (χ0v) is 11.7. The molecule has 1 heterocycles. The monoisotopic (exact) mass is 292 g/mol. The van der Waals surface area contributed by atoms with Crippen molar-refractivity contribution in [1.29, 1.82) is 0 Å². The number of phenolic OH excluding ortho intramolecular Hbond substituents is 1. The summed E-state index contributed by atoms with van der Waals surface area (Å²) in [7, 11) is 1.48. The third-order valence-electron chi connectivity index (χ3n) is 2.67. The molecule has 0 saturated carbocycles. The maximum absolute atomic E-state index is 12.1. The van der Waals surface area contributed by atoms with E-state index >= 15 is 0 Å². The summed E-state index contributed by atoms with van der Waals surface area (Å²) in [5.74, 6) is -0.174. The molecule has 0 radical (unpaired) electrons. The minimum absolute atomic E-state index is 0.128. The Morgan fingerprint density at radius 2 is 2.15 bits per heavy atom. The number of aryl methyl sites for hydroxylation is 1. The van der Waals surface area contributed by atoms with Crippen LogP contribution in [0, 0.1) is 6.92 Å². The molecule has 2 rings (SSSR count). The standard InChI is InChI=1S/C14H13ClN2O3/c1-8-5-11(13(15)16-7-8)17-14(19)10-4-3-9(20-2)6-12(10)18/h3-7,18H,1-2H3,(H,17,19). The van der Waals surface area contributed by atoms with Crippen molar-refractivity contribution in [2.24, 2.45) is 0 Å². The molecule has 0 bridgehead atoms. The van der Waals surface area contributed by atoms with Crippen molar-refractivity contribution in [2.45, 2.75) is 6.92 Å². The van der Waals surface area contributed by atoms with Crippen molar-refractivity contribution in [1.82, 2.24) is 4.98 Å². The Morgan fingerprint density at radius 3 is 2.80 bits per heavy atom. The van der Waals surface area contributed by atoms with Crippen LogP contribution in [-0.4, -0.2) is 23.1 Å². The number of nitrogens with one attached hydrogen (secondary N) is 1. The summed E-state index contributed by atoms with van der Waals surface area (Å²) >= 11 is 5.91. The van der Waals surface area contributed by atoms with Gasteiger partial charge < -0.3 is 15.2 Å². The van der Waals surface area contributed by atoms with Crippen LogP contribution in [0.25, 0.3) is 0 Å². The van der Waals surface area contributed by atoms with Gasteiger partial charge in [0.15, 0.2) is 5.15 Å². The lowest BCUT2D eigenvalue weighted by Crippen LogP contribution is -2.13. The number of carbonyl (C=O) groups is 1. The smallest absolute Gasteiger partial charge is 0.259 e. The van der Waals surface area contributed by atoms with E-state index < -0.39 is 5.91 Å². The zero-order chi connectivity index (χ0) is 14.7. The van der Waals surface area contributed by atoms with E-state index in [9.17, 15) is 9.90 Å². The van der Waals surface area contributed by atoms with Gasteiger partial charge in [0.1, 0.15) is 11.5 Å². The van der Waals surface area contributed by atoms with Gasteiger partial charge in [0.05, 0.1) is 18.4 Å². The number of amides is 1. The molecule has 20 heavy (non-hydrogen) atoms. The topological polar surface area (TPSA) is 71.5 Å². The maximum atomic E-state index is 12.1. The molecule has 0 aliphatic heterocycles. The lowest BCUT2D eigenvalue weighted by molar-refractivity contribution is 0.102. The number of hydrogen-bond acceptors (Lipinski definition) is 4. The molecule has 5 nitrogen and oxygen atoms in total. The Balaban J connectivity index is 2.26. The fraction of sp³-hybridized carbons (Fsp3) is 0.143. The average molecular weight is 293 g/mol. The van der Waals surface area contributed by atoms with Gasteiger partial charge >= 0.3 is 0 Å². The second-order valence-corrected chi connectivity index (χ2v) is 4.55. The van der Waals surface area contributed by atoms with Gasteiger partial charge in [-0.2, -0.15) is 0 Å². The van der Waals surface area contributed by atoms with Crippen LogP contribution in [0.2, 0.25) is 5.15 Å². The Bertz CT molecular complexity index is 659. The summed E-state index contributed by atoms with van der Waals surface area (Å²) in [6.45, 7) is 1.84. The van der Waals surface area contributed by atoms with Gasteiger partial charge in [0.2, 0.25) is 0 Å². The number of rotatable bonds is 3. The number of ether oxygens (including phenoxy) is 1. The van der Waals surface area contributed by atoms with E-state index in [2.05, 4.69) is 10.3 Å². The van der Waals surface area contributed by atoms with Crippen molar-refractivity contribution in [3.63, 3.8) is 0 Å². The Morgan fingerprint density at radius 1 is 1.40 bits per heavy atom. The molecule has 0 aliphatic rings. The number of carbonyl (C=O) groups excluding carboxylic acids is 1. The van der Waals surface area contributed by atoms with E-state index in [4.69, 9.17) is 16.3 Å². The summed E-state index contributed by atoms with van der Waals surface area (Å²) in [5.41, 5.74) is 1.39. The van der Waals surface area contributed by atoms with Crippen LogP contribution in [0.15, 0.2) is 30.5 Å². The number of benzene rings is 1. The summed E-state index contributed by atoms with van der Waals surface area (Å²) in [4.78, 5) is 16.0. The van der Waals surface area contributed by atoms with Crippen molar-refractivity contribution in [3.8, 4) is 11.5 Å². The van der Waals surface area contributed by atoms with Crippen molar-refractivity contribution >= 4 is 23.2 Å². The fourth-order valence-corrected chi connectivity index (χ4v) is 1.81. The third kappa shape index (κ3) is 3.00. The van der Waals surface area contributed by atoms with Crippen molar-refractivity contribution in [2.75, 3.05) is 12.4 Å². The van der Waals surface area contributed by atoms with Crippen LogP contribution in [0.1, 0.15) is 15.9 Å². The third-order valence-corrected chi connectivity index (χ3v) is 2.97. The van der Waals surface area contributed by atoms with Gasteiger partial charge in [0.25, 0.3) is 5.91 Å². The minimum Gasteiger partial charge on any atom is -0.507 e. The second-order valence-electron chi connectivity index (χ2n) is 4.19. The number of phenols is 1. The average Bonchev–Trinajstić information content (AvgIpc) is 2.42. The summed E-state index contributed by atoms with van der Waals surface area (Å²) in [5, 5.41) is 12.6. The van der Waals surface area contributed by atoms with Gasteiger partial charge in [0, 0.05) is 12.3 Å². The molecule has 0 saturated heterocycles. The largest absolute Gasteiger partial charge is 0.507 e. The van der Waals surface area contributed by atoms with Gasteiger partial charge in [-0.1, -0.05) is 11.6 Å². The molecule has 104 valence electrons. The number of pyridine rings is 1. The lowest BCUT2D eigenvalue weighted by Gasteiger charge is -2.09. The molecule has 0 atom stereocenters. The van der Waals surface area contributed by atoms with Gasteiger partial charge in [-0.25, -0.2) is 4.98 Å². The fourth-order valence-electron chi connectivity index (χ4n) is 1.66. The highest BCUT2D eigenvalue weighted by molar-refractivity contribution is 6.32. The van der Waals surface area contributed by atoms with E-state index in [0.29, 0.717) is 11.4 Å². The van der Waals surface area contributed by atoms with E-state index in [1.807, 2.05) is 6.92 Å². The first-order valence-corrected chi connectivity index (χ1v) is 6.19. The highest BCUT2D eigenvalue weighted by Crippen LogP contribution is 2.26. The molecule has 1 aromatic carbocycles. The predicted octanol–water partition coefficient (Wildman–Crippen LogP) is 3.01. The molecule has 2 aromatic rings. The number of aromatic hydroxyl groups is 1. The molecule has 6 heteroatoms. The Labute approximate surface area is 121 Å². The molecule has 1 amide bonds. The first-order chi connectivity index (χ1) is 9.51. The molecule has 1 aromatic heterocycles. The molecular weight excluding hydrogens is 280 g/mol. The summed E-state index contributed by atoms with van der Waals surface area (Å²) in [6, 6.07) is 6.13. The summed E-state index contributed by atoms with van der Waals surface area (Å²) in [6.07, 6.45) is 1.60. The molecule has 0 fully saturated rings. The van der Waals surface area contributed by atoms with E-state index in [0.717, 1.165) is 5.56 Å². The highest BCUT2D eigenvalue weighted by atomic mass is 35.5. The summed E-state index contributed by atoms with van der Waals surface area (Å²) < 4.78 is 4.96. The first-order valence-electron chi connectivity index (χ1n) is 5.81. The second kappa shape index (κ2) is 5.79. The van der Waals surface area contributed by atoms with Crippen molar-refractivity contribution in [3.05, 3.63) is 46.7 Å². The number of hydrogen-bond donors (Lipinski definition) is 2. The van der Waals surface area contributed by atoms with Crippen LogP contribution in [-0.2, 0) is 0 Å². The Hall–Kier alpha value is -2.27. The van der Waals surface area contributed by atoms with Crippen LogP contribution >= 0.6 is 11.6 Å². The molecular formula is C14H13ClN2O3. The molecule has 0 unspecified atom stereocenters. The van der Waals surface area contributed by atoms with Gasteiger partial charge in [-0.3, -0.25) is 4.79 Å². The zero-order valence-electron chi connectivity index (χ0n) is 11.0. The maximum Gasteiger partial charge on any atom is 0.259 e. The Kier molecular flexibility index (Phi) is 4.10. The SMILES string of the molecule is COc1ccc(C(=O)Nc2cc(C)cnc2Cl)c(O)c1. The van der Waals surface area contributed by atoms with Gasteiger partial charge in [-0.15, -0.1) is 0 Å². The number of methoxy groups -OCH3 is 1. The number of anilines is 1. The number of aromatic nitrogens is 1. The van der Waals surface area contributed by atoms with Crippen LogP contribution in [0.5, 0.6) is 11.5 Å². The normalized spacial score (nSPS) is 10.2. The van der Waals surface area contributed by atoms with E-state index in [1.165, 1.54) is 19.2 Å². The molecule has 0 aliphatic carbocycles. The number of halogens is 1. The number of nitrogens with zero attached hydrogens (tertiary/aromatic N) is 1. The van der Waals surface area contributed by atoms with Crippen LogP contribution in [0.4, 0.5) is 5.69 Å². The van der Waals surface area contributed by atoms with E-state index in [-0.39, 0.29) is 16.5 Å². The van der Waals surface area contributed by atoms with Crippen LogP contribution < -0.4 is 10.1 Å². The van der Waals surface area contributed by atoms with Crippen LogP contribution in [0.3, 0.4) is 0 Å². The molecule has 2 N–H and O–H groups in total. The van der Waals surface area contributed by atoms with Gasteiger partial charge in [-0.05, 0) is 30.7 Å². The first kappa shape index (κ1) is 14.1. The quantitative estimate of drug-likeness (QED) is 0.853. The molecule has 0 spiro atoms. The van der Waals surface area contributed by atoms with E-state index in [1.54, 1.807) is 18.3 Å². The van der Waals surface area contributed by atoms with Crippen molar-refractivity contribution < 1.29 is 14.6 Å².